The van der Waals surface area contributed by atoms with Gasteiger partial charge in [-0.25, -0.2) is 0 Å². The summed E-state index contributed by atoms with van der Waals surface area (Å²) in [7, 11) is 1.68. The lowest BCUT2D eigenvalue weighted by molar-refractivity contribution is -0.162. The summed E-state index contributed by atoms with van der Waals surface area (Å²) in [5, 5.41) is 18.8. The second-order valence-electron chi connectivity index (χ2n) is 5.80. The molecular formula is C16H22O4. The number of rotatable bonds is 4. The first-order valence-corrected chi connectivity index (χ1v) is 7.09. The van der Waals surface area contributed by atoms with Crippen LogP contribution in [0, 0.1) is 30.1 Å². The molecular weight excluding hydrogens is 256 g/mol. The molecule has 0 aromatic carbocycles. The normalized spacial score (nSPS) is 41.6. The van der Waals surface area contributed by atoms with Crippen molar-refractivity contribution in [3.63, 3.8) is 0 Å². The third-order valence-electron chi connectivity index (χ3n) is 4.95. The predicted octanol–water partition coefficient (Wildman–Crippen LogP) is 1.83. The molecule has 0 aliphatic heterocycles. The third-order valence-corrected chi connectivity index (χ3v) is 4.95. The molecule has 0 aromatic rings. The molecule has 2 rings (SSSR count). The molecule has 5 unspecified atom stereocenters. The minimum atomic E-state index is -0.794. The van der Waals surface area contributed by atoms with Gasteiger partial charge in [0.15, 0.2) is 0 Å². The van der Waals surface area contributed by atoms with Crippen LogP contribution in [-0.2, 0) is 9.53 Å². The first-order chi connectivity index (χ1) is 9.47. The summed E-state index contributed by atoms with van der Waals surface area (Å²) >= 11 is 0. The molecule has 0 saturated heterocycles. The topological polar surface area (TPSA) is 66.8 Å². The van der Waals surface area contributed by atoms with Gasteiger partial charge in [0.05, 0.1) is 17.6 Å². The Hall–Kier alpha value is -1.31. The average Bonchev–Trinajstić information content (AvgIpc) is 2.43. The first kappa shape index (κ1) is 15.1. The molecule has 2 aliphatic rings. The highest BCUT2D eigenvalue weighted by Crippen LogP contribution is 2.60. The van der Waals surface area contributed by atoms with Crippen molar-refractivity contribution in [3.8, 4) is 12.3 Å². The van der Waals surface area contributed by atoms with Crippen molar-refractivity contribution in [2.45, 2.75) is 44.3 Å². The van der Waals surface area contributed by atoms with Crippen LogP contribution in [0.3, 0.4) is 0 Å². The van der Waals surface area contributed by atoms with E-state index in [-0.39, 0.29) is 24.2 Å². The van der Waals surface area contributed by atoms with Crippen molar-refractivity contribution in [3.05, 3.63) is 11.6 Å². The van der Waals surface area contributed by atoms with Crippen molar-refractivity contribution in [1.29, 1.82) is 0 Å². The van der Waals surface area contributed by atoms with Gasteiger partial charge >= 0.3 is 5.97 Å². The second-order valence-corrected chi connectivity index (χ2v) is 5.80. The zero-order valence-electron chi connectivity index (χ0n) is 12.0. The summed E-state index contributed by atoms with van der Waals surface area (Å²) in [6.45, 7) is 2.08. The van der Waals surface area contributed by atoms with Gasteiger partial charge in [-0.1, -0.05) is 13.0 Å². The number of terminal acetylenes is 1. The number of carbonyl (C=O) groups is 1. The Balaban J connectivity index is 2.22. The number of aliphatic hydroxyl groups excluding tert-OH is 1. The second kappa shape index (κ2) is 5.59. The number of ether oxygens (including phenoxy) is 1. The molecule has 0 bridgehead atoms. The molecule has 0 spiro atoms. The Kier molecular flexibility index (Phi) is 4.22. The summed E-state index contributed by atoms with van der Waals surface area (Å²) in [6, 6.07) is 0. The van der Waals surface area contributed by atoms with E-state index in [9.17, 15) is 9.90 Å². The van der Waals surface area contributed by atoms with Gasteiger partial charge in [-0.3, -0.25) is 4.79 Å². The van der Waals surface area contributed by atoms with Crippen LogP contribution in [-0.4, -0.2) is 35.0 Å². The van der Waals surface area contributed by atoms with Crippen molar-refractivity contribution < 1.29 is 19.7 Å². The molecule has 2 fully saturated rings. The van der Waals surface area contributed by atoms with E-state index in [1.165, 1.54) is 0 Å². The highest BCUT2D eigenvalue weighted by Gasteiger charge is 2.62. The summed E-state index contributed by atoms with van der Waals surface area (Å²) < 4.78 is 5.78. The number of fused-ring (bicyclic) bond motifs is 1. The minimum absolute atomic E-state index is 0.123. The zero-order chi connectivity index (χ0) is 14.9. The Bertz CT molecular complexity index is 462. The summed E-state index contributed by atoms with van der Waals surface area (Å²) in [6.07, 6.45) is 9.12. The van der Waals surface area contributed by atoms with Crippen LogP contribution in [0.25, 0.3) is 0 Å². The fourth-order valence-electron chi connectivity index (χ4n) is 4.05. The van der Waals surface area contributed by atoms with Gasteiger partial charge in [-0.05, 0) is 30.8 Å². The molecule has 0 radical (unpaired) electrons. The monoisotopic (exact) mass is 278 g/mol. The Morgan fingerprint density at radius 3 is 2.90 bits per heavy atom. The fraction of sp³-hybridized carbons (Fsp3) is 0.688. The number of aliphatic hydroxyl groups is 1. The number of aliphatic carboxylic acids is 1. The van der Waals surface area contributed by atoms with Crippen molar-refractivity contribution >= 4 is 5.97 Å². The van der Waals surface area contributed by atoms with Crippen LogP contribution in [0.4, 0.5) is 0 Å². The molecule has 2 saturated carbocycles. The van der Waals surface area contributed by atoms with E-state index in [1.807, 2.05) is 6.08 Å². The first-order valence-electron chi connectivity index (χ1n) is 7.09. The van der Waals surface area contributed by atoms with E-state index >= 15 is 0 Å². The molecule has 20 heavy (non-hydrogen) atoms. The van der Waals surface area contributed by atoms with E-state index in [4.69, 9.17) is 16.3 Å². The molecule has 4 heteroatoms. The van der Waals surface area contributed by atoms with Crippen molar-refractivity contribution in [1.82, 2.24) is 0 Å². The molecule has 110 valence electrons. The number of carboxylic acid groups (broad SMARTS) is 1. The fourth-order valence-corrected chi connectivity index (χ4v) is 4.05. The van der Waals surface area contributed by atoms with Crippen LogP contribution >= 0.6 is 0 Å². The zero-order valence-corrected chi connectivity index (χ0v) is 12.0. The molecule has 5 atom stereocenters. The summed E-state index contributed by atoms with van der Waals surface area (Å²) in [4.78, 5) is 10.6. The van der Waals surface area contributed by atoms with Crippen molar-refractivity contribution in [2.75, 3.05) is 7.11 Å². The summed E-state index contributed by atoms with van der Waals surface area (Å²) in [5.74, 6) is 2.10. The Morgan fingerprint density at radius 1 is 1.65 bits per heavy atom. The number of hydrogen-bond donors (Lipinski definition) is 2. The van der Waals surface area contributed by atoms with Gasteiger partial charge in [0.2, 0.25) is 0 Å². The number of methoxy groups -OCH3 is 1. The lowest BCUT2D eigenvalue weighted by atomic mass is 9.48. The van der Waals surface area contributed by atoms with Gasteiger partial charge in [0, 0.05) is 19.4 Å². The standard InChI is InChI=1S/C16H22O4/c1-4-11-13(17)8-9-16(20-3)12(10(2)15(11)16)6-5-7-14(18)19/h1,6,10-11,13,15,17H,5,7-9H2,2-3H3,(H,18,19). The quantitative estimate of drug-likeness (QED) is 0.608. The van der Waals surface area contributed by atoms with Gasteiger partial charge in [-0.15, -0.1) is 12.3 Å². The van der Waals surface area contributed by atoms with Gasteiger partial charge < -0.3 is 14.9 Å². The maximum absolute atomic E-state index is 10.6. The number of carboxylic acids is 1. The molecule has 0 heterocycles. The summed E-state index contributed by atoms with van der Waals surface area (Å²) in [5.41, 5.74) is 0.757. The molecule has 0 amide bonds. The predicted molar refractivity (Wildman–Crippen MR) is 74.9 cm³/mol. The maximum atomic E-state index is 10.6. The van der Waals surface area contributed by atoms with E-state index in [0.29, 0.717) is 12.8 Å². The minimum Gasteiger partial charge on any atom is -0.481 e. The van der Waals surface area contributed by atoms with Gasteiger partial charge in [0.25, 0.3) is 0 Å². The molecule has 2 N–H and O–H groups in total. The van der Waals surface area contributed by atoms with E-state index in [0.717, 1.165) is 12.0 Å². The lowest BCUT2D eigenvalue weighted by Gasteiger charge is -2.61. The lowest BCUT2D eigenvalue weighted by Crippen LogP contribution is -2.64. The number of allylic oxidation sites excluding steroid dienone is 1. The van der Waals surface area contributed by atoms with Crippen LogP contribution in [0.15, 0.2) is 11.6 Å². The number of hydrogen-bond acceptors (Lipinski definition) is 3. The average molecular weight is 278 g/mol. The van der Waals surface area contributed by atoms with Crippen molar-refractivity contribution in [2.24, 2.45) is 17.8 Å². The molecule has 2 aliphatic carbocycles. The highest BCUT2D eigenvalue weighted by atomic mass is 16.5. The smallest absolute Gasteiger partial charge is 0.303 e. The third kappa shape index (κ3) is 2.15. The Morgan fingerprint density at radius 2 is 2.35 bits per heavy atom. The highest BCUT2D eigenvalue weighted by molar-refractivity contribution is 5.66. The van der Waals surface area contributed by atoms with E-state index < -0.39 is 17.7 Å². The van der Waals surface area contributed by atoms with E-state index in [1.54, 1.807) is 7.11 Å². The van der Waals surface area contributed by atoms with Crippen LogP contribution in [0.2, 0.25) is 0 Å². The largest absolute Gasteiger partial charge is 0.481 e. The van der Waals surface area contributed by atoms with E-state index in [2.05, 4.69) is 12.8 Å². The van der Waals surface area contributed by atoms with Crippen LogP contribution < -0.4 is 0 Å². The van der Waals surface area contributed by atoms with Gasteiger partial charge in [0.1, 0.15) is 0 Å². The maximum Gasteiger partial charge on any atom is 0.303 e. The Labute approximate surface area is 119 Å². The SMILES string of the molecule is C#CC1C(O)CCC2(OC)C(=CCCC(=O)O)C(C)C12. The molecule has 4 nitrogen and oxygen atoms in total. The van der Waals surface area contributed by atoms with Crippen LogP contribution in [0.5, 0.6) is 0 Å². The van der Waals surface area contributed by atoms with Crippen LogP contribution in [0.1, 0.15) is 32.6 Å². The van der Waals surface area contributed by atoms with Gasteiger partial charge in [-0.2, -0.15) is 0 Å². The molecule has 0 aromatic heterocycles.